The molecular weight excluding hydrogens is 288 g/mol. The van der Waals surface area contributed by atoms with Crippen LogP contribution in [0.2, 0.25) is 0 Å². The molecule has 1 aliphatic heterocycles. The number of aromatic nitrogens is 2. The molecule has 0 unspecified atom stereocenters. The molecule has 5 heteroatoms. The number of rotatable bonds is 1. The third kappa shape index (κ3) is 2.67. The average molecular weight is 308 g/mol. The Morgan fingerprint density at radius 2 is 1.91 bits per heavy atom. The zero-order chi connectivity index (χ0) is 15.8. The van der Waals surface area contributed by atoms with Crippen molar-refractivity contribution in [3.63, 3.8) is 0 Å². The van der Waals surface area contributed by atoms with Crippen molar-refractivity contribution in [1.82, 2.24) is 14.9 Å². The van der Waals surface area contributed by atoms with Crippen LogP contribution in [-0.4, -0.2) is 27.3 Å². The number of hydrogen-bond donors (Lipinski definition) is 1. The van der Waals surface area contributed by atoms with Gasteiger partial charge in [0.25, 0.3) is 5.91 Å². The molecule has 2 heterocycles. The van der Waals surface area contributed by atoms with Crippen LogP contribution in [0.1, 0.15) is 45.6 Å². The predicted molar refractivity (Wildman–Crippen MR) is 88.0 cm³/mol. The summed E-state index contributed by atoms with van der Waals surface area (Å²) < 4.78 is 0. The minimum absolute atomic E-state index is 0.0845. The Labute approximate surface area is 135 Å². The molecule has 0 fully saturated rings. The Morgan fingerprint density at radius 3 is 2.78 bits per heavy atom. The number of aryl methyl sites for hydroxylation is 2. The second kappa shape index (κ2) is 5.65. The highest BCUT2D eigenvalue weighted by atomic mass is 16.2. The van der Waals surface area contributed by atoms with Crippen LogP contribution in [0.4, 0.5) is 5.95 Å². The summed E-state index contributed by atoms with van der Waals surface area (Å²) in [6.45, 7) is 1.22. The molecule has 2 aliphatic rings. The second-order valence-corrected chi connectivity index (χ2v) is 6.37. The van der Waals surface area contributed by atoms with Gasteiger partial charge in [0.05, 0.1) is 12.2 Å². The van der Waals surface area contributed by atoms with Gasteiger partial charge in [0.15, 0.2) is 0 Å². The van der Waals surface area contributed by atoms with Gasteiger partial charge in [-0.1, -0.05) is 6.07 Å². The molecule has 5 nitrogen and oxygen atoms in total. The number of benzene rings is 1. The Balaban J connectivity index is 1.58. The average Bonchev–Trinajstić information content (AvgIpc) is 2.60. The maximum atomic E-state index is 12.8. The standard InChI is InChI=1S/C18H20N4O/c19-18-20-10-15-7-8-22(11-16(15)21-18)17(23)14-6-5-12-3-1-2-4-13(12)9-14/h5-6,9-10H,1-4,7-8,11H2,(H2,19,20,21). The number of fused-ring (bicyclic) bond motifs is 2. The van der Waals surface area contributed by atoms with Crippen LogP contribution in [0, 0.1) is 0 Å². The van der Waals surface area contributed by atoms with Crippen molar-refractivity contribution >= 4 is 11.9 Å². The van der Waals surface area contributed by atoms with E-state index in [0.717, 1.165) is 36.1 Å². The minimum atomic E-state index is 0.0845. The molecule has 118 valence electrons. The Morgan fingerprint density at radius 1 is 1.09 bits per heavy atom. The van der Waals surface area contributed by atoms with E-state index < -0.39 is 0 Å². The number of anilines is 1. The molecule has 0 bridgehead atoms. The predicted octanol–water partition coefficient (Wildman–Crippen LogP) is 2.14. The van der Waals surface area contributed by atoms with Gasteiger partial charge in [-0.3, -0.25) is 4.79 Å². The van der Waals surface area contributed by atoms with Gasteiger partial charge >= 0.3 is 0 Å². The van der Waals surface area contributed by atoms with Gasteiger partial charge in [-0.25, -0.2) is 9.97 Å². The lowest BCUT2D eigenvalue weighted by atomic mass is 9.90. The first kappa shape index (κ1) is 14.2. The molecule has 0 atom stereocenters. The number of nitrogens with zero attached hydrogens (tertiary/aromatic N) is 3. The first-order valence-electron chi connectivity index (χ1n) is 8.22. The van der Waals surface area contributed by atoms with Crippen molar-refractivity contribution in [3.05, 3.63) is 52.3 Å². The molecule has 0 spiro atoms. The van der Waals surface area contributed by atoms with Crippen molar-refractivity contribution in [2.24, 2.45) is 0 Å². The van der Waals surface area contributed by atoms with Gasteiger partial charge in [0.2, 0.25) is 5.95 Å². The Kier molecular flexibility index (Phi) is 3.48. The fraction of sp³-hybridized carbons (Fsp3) is 0.389. The molecule has 4 rings (SSSR count). The summed E-state index contributed by atoms with van der Waals surface area (Å²) >= 11 is 0. The molecule has 1 aliphatic carbocycles. The molecule has 0 saturated heterocycles. The second-order valence-electron chi connectivity index (χ2n) is 6.37. The molecule has 2 aromatic rings. The molecular formula is C18H20N4O. The van der Waals surface area contributed by atoms with Crippen molar-refractivity contribution in [1.29, 1.82) is 0 Å². The highest BCUT2D eigenvalue weighted by molar-refractivity contribution is 5.94. The first-order chi connectivity index (χ1) is 11.2. The van der Waals surface area contributed by atoms with Crippen molar-refractivity contribution in [2.75, 3.05) is 12.3 Å². The van der Waals surface area contributed by atoms with Crippen LogP contribution in [0.15, 0.2) is 24.4 Å². The van der Waals surface area contributed by atoms with E-state index in [0.29, 0.717) is 13.1 Å². The highest BCUT2D eigenvalue weighted by Gasteiger charge is 2.24. The van der Waals surface area contributed by atoms with E-state index >= 15 is 0 Å². The number of carbonyl (C=O) groups is 1. The summed E-state index contributed by atoms with van der Waals surface area (Å²) in [6.07, 6.45) is 7.26. The lowest BCUT2D eigenvalue weighted by Gasteiger charge is -2.28. The van der Waals surface area contributed by atoms with Gasteiger partial charge in [-0.15, -0.1) is 0 Å². The van der Waals surface area contributed by atoms with Crippen molar-refractivity contribution < 1.29 is 4.79 Å². The van der Waals surface area contributed by atoms with Crippen LogP contribution in [-0.2, 0) is 25.8 Å². The quantitative estimate of drug-likeness (QED) is 0.876. The number of carbonyl (C=O) groups excluding carboxylic acids is 1. The van der Waals surface area contributed by atoms with E-state index in [-0.39, 0.29) is 11.9 Å². The Bertz CT molecular complexity index is 772. The van der Waals surface area contributed by atoms with Crippen LogP contribution in [0.3, 0.4) is 0 Å². The van der Waals surface area contributed by atoms with Crippen molar-refractivity contribution in [3.8, 4) is 0 Å². The van der Waals surface area contributed by atoms with Crippen LogP contribution in [0.25, 0.3) is 0 Å². The first-order valence-corrected chi connectivity index (χ1v) is 8.22. The summed E-state index contributed by atoms with van der Waals surface area (Å²) in [7, 11) is 0. The zero-order valence-corrected chi connectivity index (χ0v) is 13.1. The number of hydrogen-bond acceptors (Lipinski definition) is 4. The third-order valence-electron chi connectivity index (χ3n) is 4.85. The van der Waals surface area contributed by atoms with E-state index in [1.165, 1.54) is 24.0 Å². The van der Waals surface area contributed by atoms with E-state index in [4.69, 9.17) is 5.73 Å². The summed E-state index contributed by atoms with van der Waals surface area (Å²) in [5.41, 5.74) is 11.2. The molecule has 1 aromatic heterocycles. The lowest BCUT2D eigenvalue weighted by molar-refractivity contribution is 0.0731. The maximum Gasteiger partial charge on any atom is 0.254 e. The molecule has 0 saturated carbocycles. The number of amides is 1. The van der Waals surface area contributed by atoms with Gasteiger partial charge in [0, 0.05) is 18.3 Å². The van der Waals surface area contributed by atoms with Crippen LogP contribution < -0.4 is 5.73 Å². The Hall–Kier alpha value is -2.43. The smallest absolute Gasteiger partial charge is 0.254 e. The van der Waals surface area contributed by atoms with E-state index in [1.807, 2.05) is 11.0 Å². The molecule has 1 aromatic carbocycles. The third-order valence-corrected chi connectivity index (χ3v) is 4.85. The minimum Gasteiger partial charge on any atom is -0.368 e. The fourth-order valence-electron chi connectivity index (χ4n) is 3.54. The van der Waals surface area contributed by atoms with Crippen LogP contribution >= 0.6 is 0 Å². The number of nitrogens with two attached hydrogens (primary N) is 1. The monoisotopic (exact) mass is 308 g/mol. The van der Waals surface area contributed by atoms with Gasteiger partial charge in [-0.2, -0.15) is 0 Å². The van der Waals surface area contributed by atoms with Gasteiger partial charge in [0.1, 0.15) is 0 Å². The maximum absolute atomic E-state index is 12.8. The summed E-state index contributed by atoms with van der Waals surface area (Å²) in [6, 6.07) is 6.18. The summed E-state index contributed by atoms with van der Waals surface area (Å²) in [4.78, 5) is 23.0. The highest BCUT2D eigenvalue weighted by Crippen LogP contribution is 2.24. The number of nitrogen functional groups attached to an aromatic ring is 1. The molecule has 0 radical (unpaired) electrons. The van der Waals surface area contributed by atoms with Crippen molar-refractivity contribution in [2.45, 2.75) is 38.6 Å². The van der Waals surface area contributed by atoms with E-state index in [1.54, 1.807) is 6.20 Å². The molecule has 2 N–H and O–H groups in total. The zero-order valence-electron chi connectivity index (χ0n) is 13.1. The lowest BCUT2D eigenvalue weighted by Crippen LogP contribution is -2.36. The SMILES string of the molecule is Nc1ncc2c(n1)CN(C(=O)c1ccc3c(c1)CCCC3)CC2. The fourth-order valence-corrected chi connectivity index (χ4v) is 3.54. The van der Waals surface area contributed by atoms with E-state index in [9.17, 15) is 4.79 Å². The topological polar surface area (TPSA) is 72.1 Å². The van der Waals surface area contributed by atoms with E-state index in [2.05, 4.69) is 22.1 Å². The van der Waals surface area contributed by atoms with Crippen LogP contribution in [0.5, 0.6) is 0 Å². The summed E-state index contributed by atoms with van der Waals surface area (Å²) in [5.74, 6) is 0.355. The molecule has 1 amide bonds. The largest absolute Gasteiger partial charge is 0.368 e. The van der Waals surface area contributed by atoms with Gasteiger partial charge < -0.3 is 10.6 Å². The molecule has 23 heavy (non-hydrogen) atoms. The normalized spacial score (nSPS) is 16.6. The van der Waals surface area contributed by atoms with Gasteiger partial charge in [-0.05, 0) is 60.9 Å². The summed E-state index contributed by atoms with van der Waals surface area (Å²) in [5, 5.41) is 0.